The maximum atomic E-state index is 13.6. The summed E-state index contributed by atoms with van der Waals surface area (Å²) < 4.78 is 20.5. The zero-order valence-electron chi connectivity index (χ0n) is 10.7. The van der Waals surface area contributed by atoms with Gasteiger partial charge in [-0.05, 0) is 38.5 Å². The van der Waals surface area contributed by atoms with E-state index in [2.05, 4.69) is 14.0 Å². The Morgan fingerprint density at radius 2 is 0.765 bits per heavy atom. The molecule has 0 unspecified atom stereocenters. The molecule has 17 heavy (non-hydrogen) atoms. The van der Waals surface area contributed by atoms with Gasteiger partial charge in [-0.1, -0.05) is 0 Å². The third-order valence-corrected chi connectivity index (χ3v) is 7.76. The van der Waals surface area contributed by atoms with E-state index in [0.29, 0.717) is 0 Å². The van der Waals surface area contributed by atoms with E-state index in [0.717, 1.165) is 39.3 Å². The molecule has 3 saturated heterocycles. The van der Waals surface area contributed by atoms with Crippen molar-refractivity contribution in [3.8, 4) is 0 Å². The minimum absolute atomic E-state index is 1.05. The number of nitrogens with zero attached hydrogens (tertiary/aromatic N) is 3. The molecule has 3 aliphatic heterocycles. The smallest absolute Gasteiger partial charge is 0.270 e. The molecular formula is C12H24N3OP. The van der Waals surface area contributed by atoms with Crippen molar-refractivity contribution in [3.63, 3.8) is 0 Å². The van der Waals surface area contributed by atoms with Crippen molar-refractivity contribution in [2.45, 2.75) is 38.5 Å². The van der Waals surface area contributed by atoms with Gasteiger partial charge in [-0.25, -0.2) is 14.0 Å². The molecule has 3 rings (SSSR count). The maximum absolute atomic E-state index is 13.6. The van der Waals surface area contributed by atoms with Crippen LogP contribution in [0.4, 0.5) is 0 Å². The van der Waals surface area contributed by atoms with Crippen molar-refractivity contribution >= 4 is 7.59 Å². The van der Waals surface area contributed by atoms with Gasteiger partial charge in [0.2, 0.25) is 0 Å². The van der Waals surface area contributed by atoms with Crippen molar-refractivity contribution < 1.29 is 4.57 Å². The van der Waals surface area contributed by atoms with E-state index >= 15 is 0 Å². The first kappa shape index (κ1) is 12.2. The highest BCUT2D eigenvalue weighted by atomic mass is 31.2. The van der Waals surface area contributed by atoms with Gasteiger partial charge < -0.3 is 0 Å². The fourth-order valence-electron chi connectivity index (χ4n) is 3.42. The molecule has 0 aromatic carbocycles. The third-order valence-electron chi connectivity index (χ3n) is 4.35. The standard InChI is InChI=1S/C12H24N3OP/c16-17(13-7-1-2-8-13,14-9-3-4-10-14)15-11-5-6-12-15/h1-12H2. The third kappa shape index (κ3) is 2.10. The van der Waals surface area contributed by atoms with Crippen molar-refractivity contribution in [1.29, 1.82) is 0 Å². The predicted octanol–water partition coefficient (Wildman–Crippen LogP) is 2.38. The fraction of sp³-hybridized carbons (Fsp3) is 1.00. The molecule has 0 bridgehead atoms. The summed E-state index contributed by atoms with van der Waals surface area (Å²) in [6.07, 6.45) is 7.37. The van der Waals surface area contributed by atoms with Gasteiger partial charge in [0, 0.05) is 39.3 Å². The average Bonchev–Trinajstić information content (AvgIpc) is 3.10. The summed E-state index contributed by atoms with van der Waals surface area (Å²) in [6, 6.07) is 0. The first-order valence-corrected chi connectivity index (χ1v) is 8.75. The molecule has 0 atom stereocenters. The summed E-state index contributed by atoms with van der Waals surface area (Å²) in [5.74, 6) is 0. The number of hydrogen-bond acceptors (Lipinski definition) is 1. The van der Waals surface area contributed by atoms with Crippen LogP contribution in [-0.4, -0.2) is 53.3 Å². The van der Waals surface area contributed by atoms with E-state index < -0.39 is 7.59 Å². The Morgan fingerprint density at radius 1 is 0.529 bits per heavy atom. The summed E-state index contributed by atoms with van der Waals surface area (Å²) in [6.45, 7) is 6.28. The zero-order chi connectivity index (χ0) is 11.7. The summed E-state index contributed by atoms with van der Waals surface area (Å²) >= 11 is 0. The molecule has 5 heteroatoms. The first-order chi connectivity index (χ1) is 8.32. The van der Waals surface area contributed by atoms with E-state index in [1.165, 1.54) is 38.5 Å². The lowest BCUT2D eigenvalue weighted by Crippen LogP contribution is -2.37. The highest BCUT2D eigenvalue weighted by Crippen LogP contribution is 2.59. The summed E-state index contributed by atoms with van der Waals surface area (Å²) in [7, 11) is -2.36. The lowest BCUT2D eigenvalue weighted by Gasteiger charge is -2.40. The predicted molar refractivity (Wildman–Crippen MR) is 70.0 cm³/mol. The van der Waals surface area contributed by atoms with E-state index in [4.69, 9.17) is 0 Å². The molecule has 0 N–H and O–H groups in total. The van der Waals surface area contributed by atoms with Crippen molar-refractivity contribution in [1.82, 2.24) is 14.0 Å². The molecule has 0 aromatic rings. The molecular weight excluding hydrogens is 233 g/mol. The molecule has 3 heterocycles. The van der Waals surface area contributed by atoms with Gasteiger partial charge in [0.25, 0.3) is 7.59 Å². The van der Waals surface area contributed by atoms with E-state index in [1.807, 2.05) is 0 Å². The summed E-state index contributed by atoms with van der Waals surface area (Å²) in [4.78, 5) is 0. The Morgan fingerprint density at radius 3 is 1.00 bits per heavy atom. The Labute approximate surface area is 104 Å². The molecule has 98 valence electrons. The minimum atomic E-state index is -2.36. The van der Waals surface area contributed by atoms with E-state index in [1.54, 1.807) is 0 Å². The lowest BCUT2D eigenvalue weighted by atomic mass is 10.4. The summed E-state index contributed by atoms with van der Waals surface area (Å²) in [5, 5.41) is 0. The molecule has 3 aliphatic rings. The molecule has 0 spiro atoms. The molecule has 3 fully saturated rings. The van der Waals surface area contributed by atoms with Crippen LogP contribution in [0.25, 0.3) is 0 Å². The van der Waals surface area contributed by atoms with Gasteiger partial charge >= 0.3 is 0 Å². The zero-order valence-corrected chi connectivity index (χ0v) is 11.6. The van der Waals surface area contributed by atoms with Crippen LogP contribution in [0.15, 0.2) is 0 Å². The quantitative estimate of drug-likeness (QED) is 0.725. The van der Waals surface area contributed by atoms with Crippen LogP contribution >= 0.6 is 7.59 Å². The number of rotatable bonds is 3. The van der Waals surface area contributed by atoms with E-state index in [-0.39, 0.29) is 0 Å². The lowest BCUT2D eigenvalue weighted by molar-refractivity contribution is 0.322. The second-order valence-electron chi connectivity index (χ2n) is 5.50. The largest absolute Gasteiger partial charge is 0.286 e. The topological polar surface area (TPSA) is 26.8 Å². The van der Waals surface area contributed by atoms with Crippen LogP contribution in [0, 0.1) is 0 Å². The first-order valence-electron chi connectivity index (χ1n) is 7.18. The maximum Gasteiger partial charge on any atom is 0.286 e. The Kier molecular flexibility index (Phi) is 3.58. The molecule has 0 saturated carbocycles. The van der Waals surface area contributed by atoms with Crippen LogP contribution in [0.1, 0.15) is 38.5 Å². The van der Waals surface area contributed by atoms with Gasteiger partial charge in [-0.2, -0.15) is 0 Å². The van der Waals surface area contributed by atoms with Gasteiger partial charge in [-0.15, -0.1) is 0 Å². The van der Waals surface area contributed by atoms with Gasteiger partial charge in [0.05, 0.1) is 0 Å². The van der Waals surface area contributed by atoms with Gasteiger partial charge in [0.1, 0.15) is 0 Å². The molecule has 0 amide bonds. The molecule has 0 aliphatic carbocycles. The normalized spacial score (nSPS) is 29.4. The molecule has 0 radical (unpaired) electrons. The van der Waals surface area contributed by atoms with Crippen molar-refractivity contribution in [2.24, 2.45) is 0 Å². The highest BCUT2D eigenvalue weighted by Gasteiger charge is 2.45. The van der Waals surface area contributed by atoms with Crippen molar-refractivity contribution in [3.05, 3.63) is 0 Å². The average molecular weight is 257 g/mol. The SMILES string of the molecule is O=P(N1CCCC1)(N1CCCC1)N1CCCC1. The highest BCUT2D eigenvalue weighted by molar-refractivity contribution is 7.56. The van der Waals surface area contributed by atoms with Crippen LogP contribution in [0.2, 0.25) is 0 Å². The van der Waals surface area contributed by atoms with Crippen LogP contribution in [0.5, 0.6) is 0 Å². The second-order valence-corrected chi connectivity index (χ2v) is 8.22. The van der Waals surface area contributed by atoms with Crippen LogP contribution in [-0.2, 0) is 4.57 Å². The fourth-order valence-corrected chi connectivity index (χ4v) is 6.90. The summed E-state index contributed by atoms with van der Waals surface area (Å²) in [5.41, 5.74) is 0. The van der Waals surface area contributed by atoms with E-state index in [9.17, 15) is 4.57 Å². The van der Waals surface area contributed by atoms with Crippen LogP contribution in [0.3, 0.4) is 0 Å². The van der Waals surface area contributed by atoms with Crippen LogP contribution < -0.4 is 0 Å². The Bertz CT molecular complexity index is 257. The Balaban J connectivity index is 1.84. The van der Waals surface area contributed by atoms with Gasteiger partial charge in [-0.3, -0.25) is 4.57 Å². The van der Waals surface area contributed by atoms with Crippen molar-refractivity contribution in [2.75, 3.05) is 39.3 Å². The Hall–Kier alpha value is 0.110. The molecule has 0 aromatic heterocycles. The molecule has 4 nitrogen and oxygen atoms in total. The monoisotopic (exact) mass is 257 g/mol. The second kappa shape index (κ2) is 5.00. The number of hydrogen-bond donors (Lipinski definition) is 0. The minimum Gasteiger partial charge on any atom is -0.270 e. The van der Waals surface area contributed by atoms with Gasteiger partial charge in [0.15, 0.2) is 0 Å².